The molecule has 0 aliphatic carbocycles. The van der Waals surface area contributed by atoms with Gasteiger partial charge in [-0.1, -0.05) is 48.0 Å². The standard InChI is InChI=1S/C22H25NO5S/c1-16-9-11-19(12-10-16)29(27,28)21-18(8-5-13-24)14-20(25)23(22(21)26)15-17-6-3-2-4-7-17/h2-4,6-7,9-12,18,21,24H,5,8,13-15H2,1H3/t18-,21+/m1/s1. The maximum atomic E-state index is 13.4. The smallest absolute Gasteiger partial charge is 0.248 e. The van der Waals surface area contributed by atoms with Crippen LogP contribution in [0.3, 0.4) is 0 Å². The average molecular weight is 416 g/mol. The zero-order valence-corrected chi connectivity index (χ0v) is 17.1. The van der Waals surface area contributed by atoms with E-state index in [1.54, 1.807) is 36.4 Å². The van der Waals surface area contributed by atoms with E-state index in [9.17, 15) is 23.1 Å². The van der Waals surface area contributed by atoms with Crippen molar-refractivity contribution in [3.63, 3.8) is 0 Å². The van der Waals surface area contributed by atoms with Gasteiger partial charge in [0.2, 0.25) is 11.8 Å². The number of carbonyl (C=O) groups is 2. The van der Waals surface area contributed by atoms with Crippen LogP contribution in [0.4, 0.5) is 0 Å². The van der Waals surface area contributed by atoms with Crippen LogP contribution >= 0.6 is 0 Å². The molecule has 6 nitrogen and oxygen atoms in total. The molecule has 0 unspecified atom stereocenters. The van der Waals surface area contributed by atoms with Crippen LogP contribution in [0.25, 0.3) is 0 Å². The van der Waals surface area contributed by atoms with Gasteiger partial charge in [-0.2, -0.15) is 0 Å². The highest BCUT2D eigenvalue weighted by Gasteiger charge is 2.48. The number of likely N-dealkylation sites (tertiary alicyclic amines) is 1. The number of benzene rings is 2. The number of nitrogens with zero attached hydrogens (tertiary/aromatic N) is 1. The van der Waals surface area contributed by atoms with E-state index in [0.29, 0.717) is 12.8 Å². The van der Waals surface area contributed by atoms with Gasteiger partial charge >= 0.3 is 0 Å². The molecule has 154 valence electrons. The second-order valence-corrected chi connectivity index (χ2v) is 9.48. The summed E-state index contributed by atoms with van der Waals surface area (Å²) < 4.78 is 26.7. The third kappa shape index (κ3) is 4.57. The Kier molecular flexibility index (Phi) is 6.49. The van der Waals surface area contributed by atoms with Crippen molar-refractivity contribution >= 4 is 21.7 Å². The van der Waals surface area contributed by atoms with Gasteiger partial charge in [0.1, 0.15) is 5.25 Å². The van der Waals surface area contributed by atoms with Crippen molar-refractivity contribution in [2.24, 2.45) is 5.92 Å². The van der Waals surface area contributed by atoms with Crippen LogP contribution in [0.5, 0.6) is 0 Å². The summed E-state index contributed by atoms with van der Waals surface area (Å²) in [7, 11) is -3.98. The molecule has 2 amide bonds. The number of aliphatic hydroxyl groups excluding tert-OH is 1. The Morgan fingerprint density at radius 2 is 1.69 bits per heavy atom. The van der Waals surface area contributed by atoms with Gasteiger partial charge in [-0.25, -0.2) is 8.42 Å². The molecule has 0 bridgehead atoms. The van der Waals surface area contributed by atoms with E-state index < -0.39 is 26.9 Å². The lowest BCUT2D eigenvalue weighted by Gasteiger charge is -2.36. The minimum Gasteiger partial charge on any atom is -0.396 e. The highest BCUT2D eigenvalue weighted by molar-refractivity contribution is 7.92. The summed E-state index contributed by atoms with van der Waals surface area (Å²) in [5, 5.41) is 7.85. The molecule has 7 heteroatoms. The van der Waals surface area contributed by atoms with Gasteiger partial charge in [0.15, 0.2) is 9.84 Å². The van der Waals surface area contributed by atoms with Crippen LogP contribution in [0.15, 0.2) is 59.5 Å². The van der Waals surface area contributed by atoms with Gasteiger partial charge in [0.05, 0.1) is 11.4 Å². The third-order valence-electron chi connectivity index (χ3n) is 5.28. The molecule has 1 fully saturated rings. The highest BCUT2D eigenvalue weighted by Crippen LogP contribution is 2.33. The fourth-order valence-electron chi connectivity index (χ4n) is 3.72. The van der Waals surface area contributed by atoms with Gasteiger partial charge in [0.25, 0.3) is 0 Å². The number of rotatable bonds is 7. The van der Waals surface area contributed by atoms with Crippen LogP contribution in [0.2, 0.25) is 0 Å². The zero-order valence-electron chi connectivity index (χ0n) is 16.3. The number of hydrogen-bond acceptors (Lipinski definition) is 5. The lowest BCUT2D eigenvalue weighted by molar-refractivity contribution is -0.150. The largest absolute Gasteiger partial charge is 0.396 e. The topological polar surface area (TPSA) is 91.8 Å². The lowest BCUT2D eigenvalue weighted by atomic mass is 9.90. The van der Waals surface area contributed by atoms with Crippen LogP contribution in [-0.4, -0.2) is 42.1 Å². The second-order valence-electron chi connectivity index (χ2n) is 7.41. The van der Waals surface area contributed by atoms with Gasteiger partial charge < -0.3 is 5.11 Å². The van der Waals surface area contributed by atoms with Crippen molar-refractivity contribution in [3.05, 3.63) is 65.7 Å². The summed E-state index contributed by atoms with van der Waals surface area (Å²) in [6.07, 6.45) is 0.598. The fraction of sp³-hybridized carbons (Fsp3) is 0.364. The van der Waals surface area contributed by atoms with Crippen LogP contribution in [0.1, 0.15) is 30.4 Å². The summed E-state index contributed by atoms with van der Waals surface area (Å²) in [6, 6.07) is 15.4. The average Bonchev–Trinajstić information content (AvgIpc) is 2.70. The number of imide groups is 1. The van der Waals surface area contributed by atoms with E-state index in [4.69, 9.17) is 0 Å². The van der Waals surface area contributed by atoms with Crippen molar-refractivity contribution < 1.29 is 23.1 Å². The Bertz CT molecular complexity index is 970. The number of carbonyl (C=O) groups excluding carboxylic acids is 2. The van der Waals surface area contributed by atoms with Crippen LogP contribution in [-0.2, 0) is 26.0 Å². The van der Waals surface area contributed by atoms with E-state index >= 15 is 0 Å². The molecular formula is C22H25NO5S. The Morgan fingerprint density at radius 1 is 1.03 bits per heavy atom. The maximum absolute atomic E-state index is 13.4. The fourth-order valence-corrected chi connectivity index (χ4v) is 5.66. The van der Waals surface area contributed by atoms with Gasteiger partial charge in [-0.05, 0) is 43.4 Å². The molecule has 1 aliphatic rings. The van der Waals surface area contributed by atoms with Gasteiger partial charge in [-0.15, -0.1) is 0 Å². The summed E-state index contributed by atoms with van der Waals surface area (Å²) in [5.41, 5.74) is 1.67. The summed E-state index contributed by atoms with van der Waals surface area (Å²) in [6.45, 7) is 1.78. The second kappa shape index (κ2) is 8.88. The van der Waals surface area contributed by atoms with Gasteiger partial charge in [0, 0.05) is 13.0 Å². The van der Waals surface area contributed by atoms with Crippen molar-refractivity contribution in [1.82, 2.24) is 4.90 Å². The summed E-state index contributed by atoms with van der Waals surface area (Å²) in [4.78, 5) is 27.1. The Labute approximate surface area is 171 Å². The Balaban J connectivity index is 1.97. The molecule has 29 heavy (non-hydrogen) atoms. The Hall–Kier alpha value is -2.51. The summed E-state index contributed by atoms with van der Waals surface area (Å²) >= 11 is 0. The molecule has 2 aromatic carbocycles. The SMILES string of the molecule is Cc1ccc(S(=O)(=O)[C@@H]2C(=O)N(Cc3ccccc3)C(=O)C[C@H]2CCCO)cc1. The lowest BCUT2D eigenvalue weighted by Crippen LogP contribution is -2.54. The predicted molar refractivity (Wildman–Crippen MR) is 109 cm³/mol. The van der Waals surface area contributed by atoms with E-state index in [1.807, 2.05) is 13.0 Å². The number of aryl methyl sites for hydroxylation is 1. The number of amides is 2. The Morgan fingerprint density at radius 3 is 2.31 bits per heavy atom. The summed E-state index contributed by atoms with van der Waals surface area (Å²) in [5.74, 6) is -1.72. The molecule has 2 aromatic rings. The van der Waals surface area contributed by atoms with Crippen molar-refractivity contribution in [2.75, 3.05) is 6.61 Å². The first kappa shape index (κ1) is 21.2. The molecule has 1 heterocycles. The number of hydrogen-bond donors (Lipinski definition) is 1. The molecule has 0 spiro atoms. The molecule has 1 N–H and O–H groups in total. The minimum absolute atomic E-state index is 0.0334. The molecule has 1 saturated heterocycles. The molecule has 2 atom stereocenters. The predicted octanol–water partition coefficient (Wildman–Crippen LogP) is 2.49. The number of sulfone groups is 1. The van der Waals surface area contributed by atoms with Crippen molar-refractivity contribution in [2.45, 2.75) is 42.9 Å². The molecular weight excluding hydrogens is 390 g/mol. The zero-order chi connectivity index (χ0) is 21.0. The van der Waals surface area contributed by atoms with Crippen LogP contribution < -0.4 is 0 Å². The van der Waals surface area contributed by atoms with E-state index in [0.717, 1.165) is 16.0 Å². The first-order valence-electron chi connectivity index (χ1n) is 9.64. The van der Waals surface area contributed by atoms with Crippen LogP contribution in [0, 0.1) is 12.8 Å². The van der Waals surface area contributed by atoms with Crippen molar-refractivity contribution in [1.29, 1.82) is 0 Å². The molecule has 0 aromatic heterocycles. The molecule has 3 rings (SSSR count). The van der Waals surface area contributed by atoms with E-state index in [2.05, 4.69) is 0 Å². The van der Waals surface area contributed by atoms with E-state index in [1.165, 1.54) is 12.1 Å². The van der Waals surface area contributed by atoms with E-state index in [-0.39, 0.29) is 30.4 Å². The van der Waals surface area contributed by atoms with Crippen molar-refractivity contribution in [3.8, 4) is 0 Å². The first-order valence-corrected chi connectivity index (χ1v) is 11.2. The molecule has 0 saturated carbocycles. The monoisotopic (exact) mass is 415 g/mol. The maximum Gasteiger partial charge on any atom is 0.248 e. The first-order chi connectivity index (χ1) is 13.8. The molecule has 1 aliphatic heterocycles. The highest BCUT2D eigenvalue weighted by atomic mass is 32.2. The molecule has 0 radical (unpaired) electrons. The number of aliphatic hydroxyl groups is 1. The number of piperidine rings is 1. The van der Waals surface area contributed by atoms with Gasteiger partial charge in [-0.3, -0.25) is 14.5 Å². The third-order valence-corrected chi connectivity index (χ3v) is 7.46. The quantitative estimate of drug-likeness (QED) is 0.702. The normalized spacial score (nSPS) is 20.1. The minimum atomic E-state index is -3.98.